The molecule has 1 aliphatic rings. The fraction of sp³-hybridized carbons (Fsp3) is 0.276. The largest absolute Gasteiger partial charge is 0.482 e. The minimum Gasteiger partial charge on any atom is -0.482 e. The van der Waals surface area contributed by atoms with Crippen molar-refractivity contribution >= 4 is 34.2 Å². The van der Waals surface area contributed by atoms with Crippen LogP contribution in [0.3, 0.4) is 0 Å². The Hall–Kier alpha value is -4.13. The molecule has 0 saturated heterocycles. The third-order valence-electron chi connectivity index (χ3n) is 6.60. The van der Waals surface area contributed by atoms with Crippen LogP contribution in [-0.4, -0.2) is 34.5 Å². The fourth-order valence-corrected chi connectivity index (χ4v) is 4.61. The summed E-state index contributed by atoms with van der Waals surface area (Å²) in [6.07, 6.45) is 2.63. The zero-order valence-electron chi connectivity index (χ0n) is 20.7. The second-order valence-corrected chi connectivity index (χ2v) is 9.23. The third kappa shape index (κ3) is 5.10. The van der Waals surface area contributed by atoms with Crippen molar-refractivity contribution in [1.82, 2.24) is 9.55 Å². The number of ether oxygens (including phenoxy) is 1. The van der Waals surface area contributed by atoms with Gasteiger partial charge in [0, 0.05) is 32.1 Å². The van der Waals surface area contributed by atoms with Crippen molar-refractivity contribution in [3.8, 4) is 5.75 Å². The molecule has 36 heavy (non-hydrogen) atoms. The lowest BCUT2D eigenvalue weighted by Crippen LogP contribution is -2.39. The molecule has 3 aromatic carbocycles. The number of carbonyl (C=O) groups excluding carboxylic acids is 2. The molecule has 184 valence electrons. The number of rotatable bonds is 8. The number of carbonyl (C=O) groups is 2. The number of benzene rings is 3. The number of hydrogen-bond acceptors (Lipinski definition) is 4. The Morgan fingerprint density at radius 2 is 1.86 bits per heavy atom. The molecular formula is C29H30N4O3. The van der Waals surface area contributed by atoms with E-state index in [4.69, 9.17) is 9.72 Å². The van der Waals surface area contributed by atoms with E-state index >= 15 is 0 Å². The number of nitrogens with zero attached hydrogens (tertiary/aromatic N) is 3. The van der Waals surface area contributed by atoms with Crippen LogP contribution in [0.2, 0.25) is 0 Å². The van der Waals surface area contributed by atoms with Crippen LogP contribution in [0.25, 0.3) is 11.0 Å². The highest BCUT2D eigenvalue weighted by Crippen LogP contribution is 2.33. The molecule has 0 unspecified atom stereocenters. The van der Waals surface area contributed by atoms with Crippen LogP contribution in [0.4, 0.5) is 11.4 Å². The van der Waals surface area contributed by atoms with Crippen molar-refractivity contribution in [3.63, 3.8) is 0 Å². The Labute approximate surface area is 210 Å². The van der Waals surface area contributed by atoms with Crippen LogP contribution in [0.15, 0.2) is 66.7 Å². The van der Waals surface area contributed by atoms with Gasteiger partial charge in [-0.25, -0.2) is 4.98 Å². The van der Waals surface area contributed by atoms with Crippen molar-refractivity contribution in [2.24, 2.45) is 7.05 Å². The van der Waals surface area contributed by atoms with Gasteiger partial charge in [0.15, 0.2) is 6.61 Å². The summed E-state index contributed by atoms with van der Waals surface area (Å²) in [5.74, 6) is 1.63. The second kappa shape index (κ2) is 10.2. The van der Waals surface area contributed by atoms with Crippen LogP contribution in [0.1, 0.15) is 29.8 Å². The topological polar surface area (TPSA) is 76.5 Å². The fourth-order valence-electron chi connectivity index (χ4n) is 4.61. The minimum atomic E-state index is -0.0808. The second-order valence-electron chi connectivity index (χ2n) is 9.23. The first-order valence-corrected chi connectivity index (χ1v) is 12.3. The zero-order valence-corrected chi connectivity index (χ0v) is 20.7. The predicted molar refractivity (Wildman–Crippen MR) is 141 cm³/mol. The Balaban J connectivity index is 1.11. The summed E-state index contributed by atoms with van der Waals surface area (Å²) >= 11 is 0. The third-order valence-corrected chi connectivity index (χ3v) is 6.60. The molecule has 0 spiro atoms. The Kier molecular flexibility index (Phi) is 6.71. The van der Waals surface area contributed by atoms with E-state index < -0.39 is 0 Å². The summed E-state index contributed by atoms with van der Waals surface area (Å²) in [6.45, 7) is 2.50. The van der Waals surface area contributed by atoms with Gasteiger partial charge in [0.25, 0.3) is 5.91 Å². The zero-order chi connectivity index (χ0) is 25.1. The van der Waals surface area contributed by atoms with Gasteiger partial charge in [-0.2, -0.15) is 0 Å². The number of para-hydroxylation sites is 2. The maximum atomic E-state index is 12.5. The van der Waals surface area contributed by atoms with Crippen LogP contribution in [0.5, 0.6) is 5.75 Å². The molecule has 7 nitrogen and oxygen atoms in total. The average Bonchev–Trinajstić information content (AvgIpc) is 3.20. The summed E-state index contributed by atoms with van der Waals surface area (Å²) in [4.78, 5) is 31.3. The minimum absolute atomic E-state index is 0.0329. The molecule has 1 aliphatic heterocycles. The number of aromatic nitrogens is 2. The molecule has 2 heterocycles. The molecule has 7 heteroatoms. The molecule has 0 atom stereocenters. The van der Waals surface area contributed by atoms with E-state index in [-0.39, 0.29) is 18.4 Å². The molecule has 0 radical (unpaired) electrons. The van der Waals surface area contributed by atoms with Crippen LogP contribution in [0, 0.1) is 6.92 Å². The molecule has 0 bridgehead atoms. The lowest BCUT2D eigenvalue weighted by molar-refractivity contribution is -0.121. The monoisotopic (exact) mass is 482 g/mol. The van der Waals surface area contributed by atoms with Crippen molar-refractivity contribution in [2.75, 3.05) is 23.4 Å². The van der Waals surface area contributed by atoms with Gasteiger partial charge in [0.05, 0.1) is 16.7 Å². The summed E-state index contributed by atoms with van der Waals surface area (Å²) in [5, 5.41) is 2.96. The van der Waals surface area contributed by atoms with Crippen molar-refractivity contribution in [1.29, 1.82) is 0 Å². The smallest absolute Gasteiger partial charge is 0.265 e. The molecule has 5 rings (SSSR count). The predicted octanol–water partition coefficient (Wildman–Crippen LogP) is 4.81. The molecular weight excluding hydrogens is 452 g/mol. The lowest BCUT2D eigenvalue weighted by Gasteiger charge is -2.29. The highest BCUT2D eigenvalue weighted by Gasteiger charge is 2.25. The van der Waals surface area contributed by atoms with E-state index in [1.165, 1.54) is 5.56 Å². The molecule has 0 saturated carbocycles. The first kappa shape index (κ1) is 23.6. The van der Waals surface area contributed by atoms with Crippen molar-refractivity contribution < 1.29 is 14.3 Å². The van der Waals surface area contributed by atoms with Gasteiger partial charge >= 0.3 is 0 Å². The van der Waals surface area contributed by atoms with Crippen LogP contribution >= 0.6 is 0 Å². The Morgan fingerprint density at radius 3 is 2.67 bits per heavy atom. The van der Waals surface area contributed by atoms with Crippen LogP contribution < -0.4 is 15.0 Å². The summed E-state index contributed by atoms with van der Waals surface area (Å²) in [5.41, 5.74) is 5.97. The maximum Gasteiger partial charge on any atom is 0.265 e. The molecule has 1 N–H and O–H groups in total. The first-order chi connectivity index (χ1) is 17.5. The van der Waals surface area contributed by atoms with Crippen LogP contribution in [-0.2, 0) is 29.5 Å². The van der Waals surface area contributed by atoms with E-state index in [0.717, 1.165) is 46.6 Å². The van der Waals surface area contributed by atoms with Crippen molar-refractivity contribution in [3.05, 3.63) is 83.7 Å². The lowest BCUT2D eigenvalue weighted by atomic mass is 10.1. The molecule has 4 aromatic rings. The van der Waals surface area contributed by atoms with E-state index in [9.17, 15) is 9.59 Å². The van der Waals surface area contributed by atoms with Gasteiger partial charge in [-0.3, -0.25) is 9.59 Å². The van der Waals surface area contributed by atoms with E-state index in [0.29, 0.717) is 25.1 Å². The SMILES string of the molecule is Cc1ccc2c(c1)N(CCCC(=O)Nc1ccc(CCc3nc4ccccc4n3C)cc1)C(=O)CO2. The van der Waals surface area contributed by atoms with Gasteiger partial charge in [0.1, 0.15) is 11.6 Å². The van der Waals surface area contributed by atoms with Crippen molar-refractivity contribution in [2.45, 2.75) is 32.6 Å². The Bertz CT molecular complexity index is 1410. The molecule has 1 aromatic heterocycles. The number of nitrogens with one attached hydrogen (secondary N) is 1. The number of aryl methyl sites for hydroxylation is 4. The molecule has 0 fully saturated rings. The first-order valence-electron chi connectivity index (χ1n) is 12.3. The quantitative estimate of drug-likeness (QED) is 0.391. The average molecular weight is 483 g/mol. The van der Waals surface area contributed by atoms with E-state index in [2.05, 4.69) is 23.0 Å². The number of anilines is 2. The number of imidazole rings is 1. The molecule has 2 amide bonds. The summed E-state index contributed by atoms with van der Waals surface area (Å²) in [6, 6.07) is 21.9. The number of hydrogen-bond donors (Lipinski definition) is 1. The standard InChI is InChI=1S/C29H30N4O3/c1-20-9-15-26-25(18-20)33(29(35)19-36-26)17-5-8-28(34)30-22-13-10-21(11-14-22)12-16-27-31-23-6-3-4-7-24(23)32(27)2/h3-4,6-7,9-11,13-15,18H,5,8,12,16-17,19H2,1-2H3,(H,30,34). The maximum absolute atomic E-state index is 12.5. The molecule has 0 aliphatic carbocycles. The van der Waals surface area contributed by atoms with Gasteiger partial charge in [-0.05, 0) is 67.3 Å². The van der Waals surface area contributed by atoms with Gasteiger partial charge in [-0.15, -0.1) is 0 Å². The highest BCUT2D eigenvalue weighted by atomic mass is 16.5. The number of fused-ring (bicyclic) bond motifs is 2. The van der Waals surface area contributed by atoms with E-state index in [1.807, 2.05) is 67.6 Å². The number of amides is 2. The van der Waals surface area contributed by atoms with E-state index in [1.54, 1.807) is 4.90 Å². The van der Waals surface area contributed by atoms with Gasteiger partial charge < -0.3 is 19.5 Å². The normalized spacial score (nSPS) is 12.9. The Morgan fingerprint density at radius 1 is 1.06 bits per heavy atom. The highest BCUT2D eigenvalue weighted by molar-refractivity contribution is 5.98. The van der Waals surface area contributed by atoms with Gasteiger partial charge in [-0.1, -0.05) is 30.3 Å². The summed E-state index contributed by atoms with van der Waals surface area (Å²) in [7, 11) is 2.05. The van der Waals surface area contributed by atoms with Gasteiger partial charge in [0.2, 0.25) is 5.91 Å². The summed E-state index contributed by atoms with van der Waals surface area (Å²) < 4.78 is 7.67.